The summed E-state index contributed by atoms with van der Waals surface area (Å²) in [6, 6.07) is 6.50. The third kappa shape index (κ3) is 4.78. The van der Waals surface area contributed by atoms with Crippen LogP contribution in [0.25, 0.3) is 0 Å². The number of hydrogen-bond donors (Lipinski definition) is 2. The smallest absolute Gasteiger partial charge is 0.253 e. The summed E-state index contributed by atoms with van der Waals surface area (Å²) in [5, 5.41) is 2.95. The van der Waals surface area contributed by atoms with E-state index in [9.17, 15) is 9.59 Å². The van der Waals surface area contributed by atoms with Crippen LogP contribution in [-0.4, -0.2) is 56.9 Å². The van der Waals surface area contributed by atoms with Gasteiger partial charge in [-0.15, -0.1) is 0 Å². The third-order valence-electron chi connectivity index (χ3n) is 6.30. The summed E-state index contributed by atoms with van der Waals surface area (Å²) in [6.45, 7) is 8.17. The fourth-order valence-corrected chi connectivity index (χ4v) is 4.39. The fraction of sp³-hybridized carbons (Fsp3) is 0.478. The Morgan fingerprint density at radius 1 is 1.23 bits per heavy atom. The normalized spacial score (nSPS) is 15.2. The molecule has 1 fully saturated rings. The minimum atomic E-state index is -0.145. The van der Waals surface area contributed by atoms with E-state index in [1.54, 1.807) is 0 Å². The second-order valence-corrected chi connectivity index (χ2v) is 8.73. The Balaban J connectivity index is 1.81. The minimum Gasteiger partial charge on any atom is -0.371 e. The van der Waals surface area contributed by atoms with Crippen LogP contribution in [0.1, 0.15) is 45.6 Å². The third-order valence-corrected chi connectivity index (χ3v) is 6.30. The van der Waals surface area contributed by atoms with Crippen molar-refractivity contribution in [3.8, 4) is 0 Å². The molecule has 0 bridgehead atoms. The molecule has 2 aromatic rings. The quantitative estimate of drug-likeness (QED) is 0.725. The van der Waals surface area contributed by atoms with Crippen molar-refractivity contribution >= 4 is 24.9 Å². The molecule has 1 saturated heterocycles. The summed E-state index contributed by atoms with van der Waals surface area (Å²) in [4.78, 5) is 32.8. The number of nitrogens with zero attached hydrogens (tertiary/aromatic N) is 2. The van der Waals surface area contributed by atoms with Crippen LogP contribution < -0.4 is 21.2 Å². The van der Waals surface area contributed by atoms with Crippen molar-refractivity contribution in [2.75, 3.05) is 32.1 Å². The number of carbonyl (C=O) groups excluding carboxylic acids is 1. The first kappa shape index (κ1) is 22.2. The van der Waals surface area contributed by atoms with E-state index in [4.69, 9.17) is 0 Å². The summed E-state index contributed by atoms with van der Waals surface area (Å²) in [5.41, 5.74) is 5.99. The van der Waals surface area contributed by atoms with E-state index in [2.05, 4.69) is 40.3 Å². The lowest BCUT2D eigenvalue weighted by Gasteiger charge is -2.37. The SMILES string of the molecule is Bc1cc(C(=O)NCc2c(C)cc(C)[nH]c2=O)c(C)c(N(C)C2CCN(C)CC2)c1. The Labute approximate surface area is 180 Å². The van der Waals surface area contributed by atoms with Gasteiger partial charge in [-0.25, -0.2) is 0 Å². The maximum atomic E-state index is 13.0. The van der Waals surface area contributed by atoms with Crippen LogP contribution in [0.4, 0.5) is 5.69 Å². The molecule has 0 spiro atoms. The Kier molecular flexibility index (Phi) is 6.71. The number of aromatic amines is 1. The molecule has 30 heavy (non-hydrogen) atoms. The zero-order chi connectivity index (χ0) is 22.0. The van der Waals surface area contributed by atoms with Gasteiger partial charge in [0.25, 0.3) is 11.5 Å². The van der Waals surface area contributed by atoms with E-state index in [1.807, 2.05) is 40.8 Å². The first-order chi connectivity index (χ1) is 14.2. The number of carbonyl (C=O) groups is 1. The van der Waals surface area contributed by atoms with Crippen LogP contribution in [0.15, 0.2) is 23.0 Å². The van der Waals surface area contributed by atoms with Crippen LogP contribution in [0, 0.1) is 20.8 Å². The topological polar surface area (TPSA) is 68.4 Å². The van der Waals surface area contributed by atoms with Gasteiger partial charge in [-0.1, -0.05) is 11.5 Å². The average Bonchev–Trinajstić information content (AvgIpc) is 2.68. The number of benzene rings is 1. The van der Waals surface area contributed by atoms with E-state index >= 15 is 0 Å². The van der Waals surface area contributed by atoms with Crippen LogP contribution in [0.5, 0.6) is 0 Å². The number of aryl methyl sites for hydroxylation is 2. The van der Waals surface area contributed by atoms with Gasteiger partial charge in [0.1, 0.15) is 7.85 Å². The molecule has 0 unspecified atom stereocenters. The Hall–Kier alpha value is -2.54. The summed E-state index contributed by atoms with van der Waals surface area (Å²) < 4.78 is 0. The molecule has 1 aromatic carbocycles. The molecule has 3 rings (SSSR count). The van der Waals surface area contributed by atoms with Crippen molar-refractivity contribution in [2.45, 2.75) is 46.2 Å². The molecule has 160 valence electrons. The van der Waals surface area contributed by atoms with Gasteiger partial charge in [0, 0.05) is 42.1 Å². The molecule has 1 aliphatic rings. The molecular weight excluding hydrogens is 375 g/mol. The predicted molar refractivity (Wildman–Crippen MR) is 126 cm³/mol. The van der Waals surface area contributed by atoms with Gasteiger partial charge in [-0.2, -0.15) is 0 Å². The molecule has 1 aromatic heterocycles. The molecular formula is C23H33BN4O2. The van der Waals surface area contributed by atoms with E-state index < -0.39 is 0 Å². The number of anilines is 1. The summed E-state index contributed by atoms with van der Waals surface area (Å²) in [6.07, 6.45) is 2.24. The maximum Gasteiger partial charge on any atom is 0.253 e. The Bertz CT molecular complexity index is 993. The molecule has 0 saturated carbocycles. The van der Waals surface area contributed by atoms with Gasteiger partial charge >= 0.3 is 0 Å². The van der Waals surface area contributed by atoms with Crippen LogP contribution in [0.2, 0.25) is 0 Å². The van der Waals surface area contributed by atoms with Crippen LogP contribution >= 0.6 is 0 Å². The van der Waals surface area contributed by atoms with Crippen molar-refractivity contribution in [2.24, 2.45) is 0 Å². The molecule has 7 heteroatoms. The number of likely N-dealkylation sites (tertiary alicyclic amines) is 1. The van der Waals surface area contributed by atoms with E-state index in [0.717, 1.165) is 53.9 Å². The van der Waals surface area contributed by atoms with Gasteiger partial charge in [0.2, 0.25) is 0 Å². The van der Waals surface area contributed by atoms with Crippen molar-refractivity contribution in [1.82, 2.24) is 15.2 Å². The highest BCUT2D eigenvalue weighted by molar-refractivity contribution is 6.33. The molecule has 1 aliphatic heterocycles. The first-order valence-electron chi connectivity index (χ1n) is 10.7. The lowest BCUT2D eigenvalue weighted by Crippen LogP contribution is -2.42. The molecule has 2 heterocycles. The summed E-state index contributed by atoms with van der Waals surface area (Å²) in [5.74, 6) is -0.145. The van der Waals surface area contributed by atoms with E-state index in [-0.39, 0.29) is 18.0 Å². The van der Waals surface area contributed by atoms with Gasteiger partial charge < -0.3 is 20.1 Å². The number of aromatic nitrogens is 1. The monoisotopic (exact) mass is 408 g/mol. The minimum absolute atomic E-state index is 0.142. The van der Waals surface area contributed by atoms with Crippen molar-refractivity contribution in [3.05, 3.63) is 56.5 Å². The number of amides is 1. The molecule has 0 radical (unpaired) electrons. The summed E-state index contributed by atoms with van der Waals surface area (Å²) in [7, 11) is 6.32. The highest BCUT2D eigenvalue weighted by atomic mass is 16.1. The highest BCUT2D eigenvalue weighted by Crippen LogP contribution is 2.26. The number of piperidine rings is 1. The van der Waals surface area contributed by atoms with Crippen molar-refractivity contribution in [1.29, 1.82) is 0 Å². The van der Waals surface area contributed by atoms with Gasteiger partial charge in [-0.05, 0) is 77.0 Å². The maximum absolute atomic E-state index is 13.0. The van der Waals surface area contributed by atoms with E-state index in [0.29, 0.717) is 17.2 Å². The summed E-state index contributed by atoms with van der Waals surface area (Å²) >= 11 is 0. The number of H-pyrrole nitrogens is 1. The fourth-order valence-electron chi connectivity index (χ4n) is 4.39. The largest absolute Gasteiger partial charge is 0.371 e. The second-order valence-electron chi connectivity index (χ2n) is 8.73. The van der Waals surface area contributed by atoms with Crippen LogP contribution in [0.3, 0.4) is 0 Å². The van der Waals surface area contributed by atoms with Gasteiger partial charge in [-0.3, -0.25) is 9.59 Å². The van der Waals surface area contributed by atoms with Gasteiger partial charge in [0.15, 0.2) is 0 Å². The zero-order valence-electron chi connectivity index (χ0n) is 19.1. The number of nitrogens with one attached hydrogen (secondary N) is 2. The van der Waals surface area contributed by atoms with E-state index in [1.165, 1.54) is 0 Å². The highest BCUT2D eigenvalue weighted by Gasteiger charge is 2.23. The molecule has 0 aliphatic carbocycles. The Morgan fingerprint density at radius 2 is 1.90 bits per heavy atom. The molecule has 1 amide bonds. The lowest BCUT2D eigenvalue weighted by atomic mass is 9.89. The van der Waals surface area contributed by atoms with Gasteiger partial charge in [0.05, 0.1) is 0 Å². The van der Waals surface area contributed by atoms with Crippen LogP contribution in [-0.2, 0) is 6.54 Å². The van der Waals surface area contributed by atoms with Crippen molar-refractivity contribution < 1.29 is 4.79 Å². The van der Waals surface area contributed by atoms with Crippen molar-refractivity contribution in [3.63, 3.8) is 0 Å². The standard InChI is InChI=1S/C23H33BN4O2/c1-14-10-15(2)26-23(30)20(14)13-25-22(29)19-11-17(24)12-21(16(19)3)28(5)18-6-8-27(4)9-7-18/h10-12,18H,6-9,13,24H2,1-5H3,(H,25,29)(H,26,30). The predicted octanol–water partition coefficient (Wildman–Crippen LogP) is 1.02. The number of pyridine rings is 1. The lowest BCUT2D eigenvalue weighted by molar-refractivity contribution is 0.0950. The average molecular weight is 408 g/mol. The molecule has 0 atom stereocenters. The second kappa shape index (κ2) is 9.08. The number of hydrogen-bond acceptors (Lipinski definition) is 4. The number of rotatable bonds is 5. The molecule has 2 N–H and O–H groups in total. The zero-order valence-corrected chi connectivity index (χ0v) is 19.1. The molecule has 6 nitrogen and oxygen atoms in total. The first-order valence-corrected chi connectivity index (χ1v) is 10.7. The Morgan fingerprint density at radius 3 is 2.53 bits per heavy atom.